The zero-order valence-electron chi connectivity index (χ0n) is 11.3. The van der Waals surface area contributed by atoms with Gasteiger partial charge >= 0.3 is 0 Å². The molecule has 2 N–H and O–H groups in total. The second-order valence-electron chi connectivity index (χ2n) is 4.46. The van der Waals surface area contributed by atoms with Crippen LogP contribution in [-0.4, -0.2) is 13.0 Å². The summed E-state index contributed by atoms with van der Waals surface area (Å²) < 4.78 is 1.87. The largest absolute Gasteiger partial charge is 0.369 e. The molecule has 5 heteroatoms. The van der Waals surface area contributed by atoms with Gasteiger partial charge in [-0.25, -0.2) is 4.99 Å². The normalized spacial score (nSPS) is 11.5. The maximum atomic E-state index is 6.09. The van der Waals surface area contributed by atoms with Crippen LogP contribution in [-0.2, 0) is 0 Å². The standard InChI is InChI=1S/C15H15Br2N3/c1-10-4-3-5-12(8-10)20(2)15(18)19-14-9-11(16)6-7-13(14)17/h3-9H,1-2H3,(H2,18,19). The van der Waals surface area contributed by atoms with Gasteiger partial charge in [-0.3, -0.25) is 0 Å². The first kappa shape index (κ1) is 15.1. The predicted octanol–water partition coefficient (Wildman–Crippen LogP) is 4.60. The van der Waals surface area contributed by atoms with Crippen molar-refractivity contribution in [1.82, 2.24) is 0 Å². The molecule has 0 atom stereocenters. The number of nitrogens with two attached hydrogens (primary N) is 1. The van der Waals surface area contributed by atoms with E-state index in [0.717, 1.165) is 20.3 Å². The first-order valence-electron chi connectivity index (χ1n) is 6.07. The van der Waals surface area contributed by atoms with E-state index in [0.29, 0.717) is 5.96 Å². The Morgan fingerprint density at radius 2 is 1.90 bits per heavy atom. The second kappa shape index (κ2) is 6.41. The minimum Gasteiger partial charge on any atom is -0.369 e. The van der Waals surface area contributed by atoms with Crippen molar-refractivity contribution in [1.29, 1.82) is 0 Å². The van der Waals surface area contributed by atoms with Crippen molar-refractivity contribution in [3.05, 3.63) is 57.0 Å². The Hall–Kier alpha value is -1.33. The maximum absolute atomic E-state index is 6.09. The summed E-state index contributed by atoms with van der Waals surface area (Å²) in [6.45, 7) is 2.05. The lowest BCUT2D eigenvalue weighted by Crippen LogP contribution is -2.33. The molecular weight excluding hydrogens is 382 g/mol. The zero-order chi connectivity index (χ0) is 14.7. The Kier molecular flexibility index (Phi) is 4.83. The molecule has 0 amide bonds. The summed E-state index contributed by atoms with van der Waals surface area (Å²) in [5, 5.41) is 0. The van der Waals surface area contributed by atoms with Crippen LogP contribution >= 0.6 is 31.9 Å². The summed E-state index contributed by atoms with van der Waals surface area (Å²) in [5.41, 5.74) is 9.08. The summed E-state index contributed by atoms with van der Waals surface area (Å²) in [4.78, 5) is 6.33. The molecule has 2 rings (SSSR count). The third kappa shape index (κ3) is 3.61. The SMILES string of the molecule is Cc1cccc(N(C)C(N)=Nc2cc(Br)ccc2Br)c1. The van der Waals surface area contributed by atoms with Crippen molar-refractivity contribution in [2.45, 2.75) is 6.92 Å². The molecule has 0 spiro atoms. The van der Waals surface area contributed by atoms with E-state index in [9.17, 15) is 0 Å². The van der Waals surface area contributed by atoms with Crippen LogP contribution in [0.3, 0.4) is 0 Å². The summed E-state index contributed by atoms with van der Waals surface area (Å²) in [6, 6.07) is 13.9. The highest BCUT2D eigenvalue weighted by Gasteiger charge is 2.07. The van der Waals surface area contributed by atoms with Gasteiger partial charge < -0.3 is 10.6 Å². The fourth-order valence-corrected chi connectivity index (χ4v) is 2.42. The Balaban J connectivity index is 2.32. The number of hydrogen-bond donors (Lipinski definition) is 1. The van der Waals surface area contributed by atoms with Crippen LogP contribution in [0.1, 0.15) is 5.56 Å². The summed E-state index contributed by atoms with van der Waals surface area (Å²) in [5.74, 6) is 0.439. The number of halogens is 2. The average molecular weight is 397 g/mol. The Morgan fingerprint density at radius 3 is 2.60 bits per heavy atom. The van der Waals surface area contributed by atoms with Crippen LogP contribution in [0, 0.1) is 6.92 Å². The average Bonchev–Trinajstić information content (AvgIpc) is 2.42. The van der Waals surface area contributed by atoms with E-state index in [1.54, 1.807) is 0 Å². The molecule has 0 unspecified atom stereocenters. The summed E-state index contributed by atoms with van der Waals surface area (Å²) >= 11 is 6.91. The molecule has 0 aliphatic heterocycles. The number of nitrogens with zero attached hydrogens (tertiary/aromatic N) is 2. The molecule has 3 nitrogen and oxygen atoms in total. The molecule has 2 aromatic rings. The lowest BCUT2D eigenvalue weighted by Gasteiger charge is -2.18. The van der Waals surface area contributed by atoms with E-state index in [-0.39, 0.29) is 0 Å². The van der Waals surface area contributed by atoms with Crippen LogP contribution in [0.5, 0.6) is 0 Å². The molecule has 0 fully saturated rings. The molecule has 0 aliphatic carbocycles. The van der Waals surface area contributed by atoms with Gasteiger partial charge in [0.25, 0.3) is 0 Å². The lowest BCUT2D eigenvalue weighted by atomic mass is 10.2. The molecule has 0 saturated heterocycles. The molecule has 0 aromatic heterocycles. The third-order valence-corrected chi connectivity index (χ3v) is 4.04. The van der Waals surface area contributed by atoms with E-state index in [2.05, 4.69) is 55.9 Å². The highest BCUT2D eigenvalue weighted by atomic mass is 79.9. The van der Waals surface area contributed by atoms with Crippen LogP contribution in [0.15, 0.2) is 56.4 Å². The van der Waals surface area contributed by atoms with Crippen LogP contribution < -0.4 is 10.6 Å². The molecule has 2 aromatic carbocycles. The number of aryl methyl sites for hydroxylation is 1. The quantitative estimate of drug-likeness (QED) is 0.595. The molecule has 20 heavy (non-hydrogen) atoms. The number of aliphatic imine (C=N–C) groups is 1. The van der Waals surface area contributed by atoms with Gasteiger partial charge in [-0.2, -0.15) is 0 Å². The maximum Gasteiger partial charge on any atom is 0.200 e. The Labute approximate surface area is 135 Å². The van der Waals surface area contributed by atoms with Crippen molar-refractivity contribution >= 4 is 49.2 Å². The Morgan fingerprint density at radius 1 is 1.15 bits per heavy atom. The Bertz CT molecular complexity index is 653. The molecule has 0 aliphatic rings. The molecular formula is C15H15Br2N3. The second-order valence-corrected chi connectivity index (χ2v) is 6.23. The van der Waals surface area contributed by atoms with Gasteiger partial charge in [-0.15, -0.1) is 0 Å². The lowest BCUT2D eigenvalue weighted by molar-refractivity contribution is 1.21. The van der Waals surface area contributed by atoms with Crippen LogP contribution in [0.2, 0.25) is 0 Å². The number of rotatable bonds is 2. The van der Waals surface area contributed by atoms with Crippen molar-refractivity contribution < 1.29 is 0 Å². The molecule has 0 bridgehead atoms. The number of guanidine groups is 1. The van der Waals surface area contributed by atoms with E-state index in [1.807, 2.05) is 42.3 Å². The minimum absolute atomic E-state index is 0.439. The molecule has 0 saturated carbocycles. The molecule has 0 radical (unpaired) electrons. The van der Waals surface area contributed by atoms with E-state index >= 15 is 0 Å². The first-order chi connectivity index (χ1) is 9.47. The third-order valence-electron chi connectivity index (χ3n) is 2.88. The van der Waals surface area contributed by atoms with Gasteiger partial charge in [0.1, 0.15) is 0 Å². The highest BCUT2D eigenvalue weighted by Crippen LogP contribution is 2.29. The van der Waals surface area contributed by atoms with Gasteiger partial charge in [0.2, 0.25) is 5.96 Å². The van der Waals surface area contributed by atoms with E-state index in [4.69, 9.17) is 5.73 Å². The summed E-state index contributed by atoms with van der Waals surface area (Å²) in [6.07, 6.45) is 0. The number of benzene rings is 2. The first-order valence-corrected chi connectivity index (χ1v) is 7.65. The summed E-state index contributed by atoms with van der Waals surface area (Å²) in [7, 11) is 1.90. The predicted molar refractivity (Wildman–Crippen MR) is 92.7 cm³/mol. The molecule has 104 valence electrons. The zero-order valence-corrected chi connectivity index (χ0v) is 14.4. The van der Waals surface area contributed by atoms with E-state index < -0.39 is 0 Å². The van der Waals surface area contributed by atoms with Crippen LogP contribution in [0.25, 0.3) is 0 Å². The highest BCUT2D eigenvalue weighted by molar-refractivity contribution is 9.11. The van der Waals surface area contributed by atoms with Gasteiger partial charge in [0.05, 0.1) is 5.69 Å². The van der Waals surface area contributed by atoms with Gasteiger partial charge in [0.15, 0.2) is 0 Å². The van der Waals surface area contributed by atoms with Gasteiger partial charge in [-0.05, 0) is 58.7 Å². The molecule has 0 heterocycles. The van der Waals surface area contributed by atoms with Crippen LogP contribution in [0.4, 0.5) is 11.4 Å². The monoisotopic (exact) mass is 395 g/mol. The van der Waals surface area contributed by atoms with Crippen molar-refractivity contribution in [2.75, 3.05) is 11.9 Å². The topological polar surface area (TPSA) is 41.6 Å². The number of hydrogen-bond acceptors (Lipinski definition) is 1. The van der Waals surface area contributed by atoms with E-state index in [1.165, 1.54) is 5.56 Å². The van der Waals surface area contributed by atoms with Gasteiger partial charge in [-0.1, -0.05) is 28.1 Å². The van der Waals surface area contributed by atoms with Crippen molar-refractivity contribution in [2.24, 2.45) is 10.7 Å². The minimum atomic E-state index is 0.439. The van der Waals surface area contributed by atoms with Crippen molar-refractivity contribution in [3.63, 3.8) is 0 Å². The fraction of sp³-hybridized carbons (Fsp3) is 0.133. The smallest absolute Gasteiger partial charge is 0.200 e. The fourth-order valence-electron chi connectivity index (χ4n) is 1.74. The number of anilines is 1. The van der Waals surface area contributed by atoms with Gasteiger partial charge in [0, 0.05) is 21.7 Å². The van der Waals surface area contributed by atoms with Crippen molar-refractivity contribution in [3.8, 4) is 0 Å².